The van der Waals surface area contributed by atoms with E-state index < -0.39 is 26.5 Å². The number of nitrogens with two attached hydrogens (primary N) is 1. The Labute approximate surface area is 107 Å². The molecule has 0 aliphatic carbocycles. The molecule has 0 aromatic rings. The molecule has 0 aliphatic heterocycles. The van der Waals surface area contributed by atoms with E-state index in [9.17, 15) is 21.9 Å². The second-order valence-corrected chi connectivity index (χ2v) is 5.83. The zero-order valence-electron chi connectivity index (χ0n) is 10.3. The van der Waals surface area contributed by atoms with Crippen LogP contribution in [0.1, 0.15) is 33.6 Å². The molecule has 2 unspecified atom stereocenters. The lowest BCUT2D eigenvalue weighted by Crippen LogP contribution is -2.44. The van der Waals surface area contributed by atoms with E-state index in [-0.39, 0.29) is 5.92 Å². The fourth-order valence-electron chi connectivity index (χ4n) is 0.811. The molecule has 0 heterocycles. The molecule has 0 aliphatic rings. The highest BCUT2D eigenvalue weighted by Gasteiger charge is 2.24. The van der Waals surface area contributed by atoms with Crippen molar-refractivity contribution in [2.45, 2.75) is 39.3 Å². The lowest BCUT2D eigenvalue weighted by molar-refractivity contribution is -0.0109. The maximum absolute atomic E-state index is 9.44. The minimum Gasteiger partial charge on any atom is -0.376 e. The van der Waals surface area contributed by atoms with Crippen molar-refractivity contribution < 1.29 is 34.7 Å². The highest BCUT2D eigenvalue weighted by molar-refractivity contribution is 7.94. The normalized spacial score (nSPS) is 17.3. The smallest absolute Gasteiger partial charge is 0.376 e. The van der Waals surface area contributed by atoms with Gasteiger partial charge in [0.05, 0.1) is 0 Å². The van der Waals surface area contributed by atoms with Crippen LogP contribution in [0.2, 0.25) is 0 Å². The van der Waals surface area contributed by atoms with Crippen LogP contribution in [-0.2, 0) is 24.4 Å². The van der Waals surface area contributed by atoms with E-state index in [1.807, 2.05) is 20.8 Å². The summed E-state index contributed by atoms with van der Waals surface area (Å²) in [5.41, 5.74) is 4.58. The summed E-state index contributed by atoms with van der Waals surface area (Å²) in [5, 5.41) is 9.37. The molecule has 0 amide bonds. The predicted molar refractivity (Wildman–Crippen MR) is 63.1 cm³/mol. The standard InChI is InChI=1S/C7H17NO.H2O7S2/c1-4-6(3)7(8,9)5-2;1-8(2,3)7-9(4,5)6/h6,9H,4-5,8H2,1-3H3;(H,1,2,3)(H,4,5,6). The number of hydrogen-bond acceptors (Lipinski definition) is 7. The molecule has 9 nitrogen and oxygen atoms in total. The highest BCUT2D eigenvalue weighted by atomic mass is 32.3. The molecular formula is C7H19NO8S2. The Morgan fingerprint density at radius 2 is 1.50 bits per heavy atom. The van der Waals surface area contributed by atoms with E-state index in [1.165, 1.54) is 0 Å². The lowest BCUT2D eigenvalue weighted by atomic mass is 9.94. The summed E-state index contributed by atoms with van der Waals surface area (Å²) in [5.74, 6) is 0.197. The summed E-state index contributed by atoms with van der Waals surface area (Å²) in [7, 11) is -10.2. The molecule has 18 heavy (non-hydrogen) atoms. The fourth-order valence-corrected chi connectivity index (χ4v) is 1.68. The Bertz CT molecular complexity index is 396. The van der Waals surface area contributed by atoms with E-state index in [4.69, 9.17) is 14.8 Å². The summed E-state index contributed by atoms with van der Waals surface area (Å²) in [6.07, 6.45) is 1.56. The van der Waals surface area contributed by atoms with Crippen LogP contribution in [0, 0.1) is 5.92 Å². The zero-order valence-corrected chi connectivity index (χ0v) is 11.9. The van der Waals surface area contributed by atoms with Gasteiger partial charge in [0.1, 0.15) is 5.72 Å². The van der Waals surface area contributed by atoms with Crippen molar-refractivity contribution in [1.29, 1.82) is 0 Å². The summed E-state index contributed by atoms with van der Waals surface area (Å²) < 4.78 is 55.6. The first-order chi connectivity index (χ1) is 7.75. The molecule has 0 spiro atoms. The number of aliphatic hydroxyl groups is 1. The molecule has 11 heteroatoms. The molecule has 5 N–H and O–H groups in total. The summed E-state index contributed by atoms with van der Waals surface area (Å²) in [6.45, 7) is 5.88. The maximum atomic E-state index is 9.44. The molecule has 0 saturated heterocycles. The molecule has 0 rings (SSSR count). The molecule has 0 aromatic heterocycles. The Morgan fingerprint density at radius 3 is 1.56 bits per heavy atom. The molecule has 0 aromatic carbocycles. The average molecular weight is 309 g/mol. The third-order valence-electron chi connectivity index (χ3n) is 2.20. The van der Waals surface area contributed by atoms with Gasteiger partial charge >= 0.3 is 20.8 Å². The minimum absolute atomic E-state index is 0.197. The van der Waals surface area contributed by atoms with Crippen molar-refractivity contribution in [2.75, 3.05) is 0 Å². The van der Waals surface area contributed by atoms with Gasteiger partial charge in [-0.1, -0.05) is 20.8 Å². The molecule has 0 radical (unpaired) electrons. The van der Waals surface area contributed by atoms with Crippen LogP contribution in [0.4, 0.5) is 0 Å². The summed E-state index contributed by atoms with van der Waals surface area (Å²) in [4.78, 5) is 0. The fraction of sp³-hybridized carbons (Fsp3) is 1.00. The van der Waals surface area contributed by atoms with Gasteiger partial charge in [0.25, 0.3) is 0 Å². The molecule has 112 valence electrons. The second-order valence-electron chi connectivity index (χ2n) is 3.58. The van der Waals surface area contributed by atoms with Crippen molar-refractivity contribution in [1.82, 2.24) is 0 Å². The highest BCUT2D eigenvalue weighted by Crippen LogP contribution is 2.17. The van der Waals surface area contributed by atoms with Crippen molar-refractivity contribution in [3.63, 3.8) is 0 Å². The van der Waals surface area contributed by atoms with Gasteiger partial charge in [-0.25, -0.2) is 0 Å². The van der Waals surface area contributed by atoms with Gasteiger partial charge in [0.15, 0.2) is 0 Å². The van der Waals surface area contributed by atoms with E-state index >= 15 is 0 Å². The van der Waals surface area contributed by atoms with E-state index in [0.29, 0.717) is 6.42 Å². The van der Waals surface area contributed by atoms with Crippen LogP contribution in [0.5, 0.6) is 0 Å². The van der Waals surface area contributed by atoms with Gasteiger partial charge in [0, 0.05) is 0 Å². The third-order valence-corrected chi connectivity index (χ3v) is 3.58. The monoisotopic (exact) mass is 309 g/mol. The van der Waals surface area contributed by atoms with Crippen molar-refractivity contribution in [3.05, 3.63) is 0 Å². The Balaban J connectivity index is 0. The Morgan fingerprint density at radius 1 is 1.17 bits per heavy atom. The molecule has 0 bridgehead atoms. The van der Waals surface area contributed by atoms with Crippen molar-refractivity contribution in [3.8, 4) is 0 Å². The van der Waals surface area contributed by atoms with Crippen LogP contribution < -0.4 is 5.73 Å². The van der Waals surface area contributed by atoms with Crippen molar-refractivity contribution >= 4 is 20.8 Å². The Hall–Kier alpha value is -0.300. The van der Waals surface area contributed by atoms with Gasteiger partial charge < -0.3 is 10.8 Å². The molecule has 2 atom stereocenters. The minimum atomic E-state index is -5.12. The summed E-state index contributed by atoms with van der Waals surface area (Å²) in [6, 6.07) is 0. The van der Waals surface area contributed by atoms with Gasteiger partial charge in [0.2, 0.25) is 0 Å². The molecular weight excluding hydrogens is 290 g/mol. The SMILES string of the molecule is CCC(C)C(N)(O)CC.O=S(=O)(O)OS(=O)(=O)O. The van der Waals surface area contributed by atoms with E-state index in [2.05, 4.69) is 3.63 Å². The summed E-state index contributed by atoms with van der Waals surface area (Å²) >= 11 is 0. The maximum Gasteiger partial charge on any atom is 0.413 e. The Kier molecular flexibility index (Phi) is 8.15. The zero-order chi connectivity index (χ0) is 15.2. The first-order valence-corrected chi connectivity index (χ1v) is 7.65. The van der Waals surface area contributed by atoms with Gasteiger partial charge in [-0.2, -0.15) is 16.8 Å². The second kappa shape index (κ2) is 7.33. The quantitative estimate of drug-likeness (QED) is 0.394. The lowest BCUT2D eigenvalue weighted by Gasteiger charge is -2.27. The van der Waals surface area contributed by atoms with Crippen LogP contribution in [0.25, 0.3) is 0 Å². The first kappa shape index (κ1) is 20.0. The van der Waals surface area contributed by atoms with Gasteiger partial charge in [-0.3, -0.25) is 9.11 Å². The third kappa shape index (κ3) is 12.2. The van der Waals surface area contributed by atoms with E-state index in [0.717, 1.165) is 6.42 Å². The topological polar surface area (TPSA) is 164 Å². The van der Waals surface area contributed by atoms with E-state index in [1.54, 1.807) is 0 Å². The van der Waals surface area contributed by atoms with Crippen LogP contribution in [-0.4, -0.2) is 36.8 Å². The average Bonchev–Trinajstić information content (AvgIpc) is 2.11. The first-order valence-electron chi connectivity index (χ1n) is 4.92. The number of hydrogen-bond donors (Lipinski definition) is 4. The van der Waals surface area contributed by atoms with Crippen LogP contribution in [0.3, 0.4) is 0 Å². The largest absolute Gasteiger partial charge is 0.413 e. The molecule has 0 fully saturated rings. The molecule has 0 saturated carbocycles. The van der Waals surface area contributed by atoms with Gasteiger partial charge in [-0.15, -0.1) is 3.63 Å². The van der Waals surface area contributed by atoms with Crippen molar-refractivity contribution in [2.24, 2.45) is 11.7 Å². The predicted octanol–water partition coefficient (Wildman–Crippen LogP) is -0.302. The number of rotatable bonds is 5. The van der Waals surface area contributed by atoms with Gasteiger partial charge in [-0.05, 0) is 18.8 Å². The van der Waals surface area contributed by atoms with Crippen LogP contribution >= 0.6 is 0 Å². The van der Waals surface area contributed by atoms with Crippen LogP contribution in [0.15, 0.2) is 0 Å².